The minimum Gasteiger partial charge on any atom is -0.487 e. The van der Waals surface area contributed by atoms with Crippen molar-refractivity contribution in [2.75, 3.05) is 19.0 Å². The van der Waals surface area contributed by atoms with E-state index in [2.05, 4.69) is 26.2 Å². The fraction of sp³-hybridized carbons (Fsp3) is 0.188. The quantitative estimate of drug-likeness (QED) is 0.299. The summed E-state index contributed by atoms with van der Waals surface area (Å²) in [6.45, 7) is -0.875. The molecule has 0 fully saturated rings. The molecule has 0 radical (unpaired) electrons. The van der Waals surface area contributed by atoms with E-state index >= 15 is 0 Å². The number of ether oxygens (including phenoxy) is 1. The minimum atomic E-state index is -2.71. The van der Waals surface area contributed by atoms with Gasteiger partial charge in [-0.15, -0.1) is 0 Å². The van der Waals surface area contributed by atoms with Crippen LogP contribution in [-0.2, 0) is 0 Å². The van der Waals surface area contributed by atoms with Gasteiger partial charge >= 0.3 is 0 Å². The summed E-state index contributed by atoms with van der Waals surface area (Å²) in [5.74, 6) is -0.124. The van der Waals surface area contributed by atoms with Crippen molar-refractivity contribution in [3.8, 4) is 5.75 Å². The molecular formula is C16H15BrF2N4O3. The zero-order chi connectivity index (χ0) is 19.3. The van der Waals surface area contributed by atoms with E-state index in [0.29, 0.717) is 5.69 Å². The average molecular weight is 429 g/mol. The van der Waals surface area contributed by atoms with Gasteiger partial charge in [0.25, 0.3) is 12.1 Å². The summed E-state index contributed by atoms with van der Waals surface area (Å²) < 4.78 is 30.9. The molecule has 0 bridgehead atoms. The number of hydrogen-bond acceptors (Lipinski definition) is 5. The highest BCUT2D eigenvalue weighted by Gasteiger charge is 2.21. The zero-order valence-corrected chi connectivity index (χ0v) is 15.2. The predicted octanol–water partition coefficient (Wildman–Crippen LogP) is 4.08. The van der Waals surface area contributed by atoms with Gasteiger partial charge in [-0.2, -0.15) is 0 Å². The van der Waals surface area contributed by atoms with Crippen LogP contribution in [0.1, 0.15) is 5.56 Å². The summed E-state index contributed by atoms with van der Waals surface area (Å²) in [5, 5.41) is 13.9. The topological polar surface area (TPSA) is 103 Å². The Morgan fingerprint density at radius 3 is 2.58 bits per heavy atom. The first kappa shape index (κ1) is 19.6. The van der Waals surface area contributed by atoms with E-state index in [1.54, 1.807) is 24.3 Å². The maximum absolute atomic E-state index is 12.5. The number of alkyl halides is 2. The highest BCUT2D eigenvalue weighted by Crippen LogP contribution is 2.33. The van der Waals surface area contributed by atoms with Crippen molar-refractivity contribution in [1.29, 1.82) is 0 Å². The van der Waals surface area contributed by atoms with Crippen LogP contribution >= 0.6 is 15.9 Å². The van der Waals surface area contributed by atoms with Crippen LogP contribution < -0.4 is 15.8 Å². The number of halogens is 3. The molecule has 0 unspecified atom stereocenters. The Morgan fingerprint density at radius 1 is 1.38 bits per heavy atom. The van der Waals surface area contributed by atoms with Gasteiger partial charge in [0.2, 0.25) is 0 Å². The van der Waals surface area contributed by atoms with E-state index in [-0.39, 0.29) is 28.5 Å². The summed E-state index contributed by atoms with van der Waals surface area (Å²) in [4.78, 5) is 14.8. The van der Waals surface area contributed by atoms with E-state index in [9.17, 15) is 18.9 Å². The molecule has 0 aliphatic rings. The second-order valence-corrected chi connectivity index (χ2v) is 5.96. The third-order valence-electron chi connectivity index (χ3n) is 3.28. The molecular weight excluding hydrogens is 414 g/mol. The van der Waals surface area contributed by atoms with E-state index in [4.69, 9.17) is 10.5 Å². The number of nitrogens with two attached hydrogens (primary N) is 1. The second-order valence-electron chi connectivity index (χ2n) is 5.05. The van der Waals surface area contributed by atoms with Crippen molar-refractivity contribution >= 4 is 38.8 Å². The number of nitro benzene ring substituents is 1. The van der Waals surface area contributed by atoms with Crippen molar-refractivity contribution in [1.82, 2.24) is 0 Å². The maximum atomic E-state index is 12.5. The highest BCUT2D eigenvalue weighted by atomic mass is 79.9. The molecule has 0 saturated carbocycles. The lowest BCUT2D eigenvalue weighted by atomic mass is 10.1. The normalized spacial score (nSPS) is 11.5. The van der Waals surface area contributed by atoms with Crippen molar-refractivity contribution in [2.45, 2.75) is 6.43 Å². The van der Waals surface area contributed by atoms with Crippen molar-refractivity contribution in [3.05, 3.63) is 56.5 Å². The van der Waals surface area contributed by atoms with Crippen LogP contribution in [0.4, 0.5) is 25.8 Å². The monoisotopic (exact) mass is 428 g/mol. The van der Waals surface area contributed by atoms with Crippen molar-refractivity contribution in [3.63, 3.8) is 0 Å². The van der Waals surface area contributed by atoms with Crippen molar-refractivity contribution < 1.29 is 18.4 Å². The van der Waals surface area contributed by atoms with Gasteiger partial charge in [0.15, 0.2) is 0 Å². The molecule has 26 heavy (non-hydrogen) atoms. The number of nitro groups is 1. The molecule has 2 aromatic carbocycles. The van der Waals surface area contributed by atoms with Gasteiger partial charge in [0.05, 0.1) is 16.2 Å². The summed E-state index contributed by atoms with van der Waals surface area (Å²) in [5.41, 5.74) is 6.34. The third kappa shape index (κ3) is 4.88. The van der Waals surface area contributed by atoms with Crippen LogP contribution in [-0.4, -0.2) is 30.8 Å². The third-order valence-corrected chi connectivity index (χ3v) is 3.81. The summed E-state index contributed by atoms with van der Waals surface area (Å²) in [7, 11) is 1.47. The summed E-state index contributed by atoms with van der Waals surface area (Å²) in [6.07, 6.45) is -2.71. The fourth-order valence-corrected chi connectivity index (χ4v) is 2.37. The number of benzene rings is 2. The zero-order valence-electron chi connectivity index (χ0n) is 13.6. The molecule has 0 saturated heterocycles. The Morgan fingerprint density at radius 2 is 2.04 bits per heavy atom. The first-order chi connectivity index (χ1) is 12.3. The van der Waals surface area contributed by atoms with Gasteiger partial charge < -0.3 is 15.8 Å². The molecule has 0 spiro atoms. The standard InChI is InChI=1S/C16H15BrF2N4O3/c1-21-12-7-14(26-8-15(18)19)11(6-13(12)23(24)25)16(20)22-10-4-2-9(17)3-5-10/h2-7,15,21H,8H2,1H3,(H2,20,22). The Balaban J connectivity index is 2.53. The first-order valence-electron chi connectivity index (χ1n) is 7.33. The number of nitrogens with zero attached hydrogens (tertiary/aromatic N) is 2. The minimum absolute atomic E-state index is 0.0291. The molecule has 0 aromatic heterocycles. The van der Waals surface area contributed by atoms with Crippen LogP contribution in [0.2, 0.25) is 0 Å². The lowest BCUT2D eigenvalue weighted by molar-refractivity contribution is -0.384. The molecule has 7 nitrogen and oxygen atoms in total. The molecule has 0 aliphatic carbocycles. The maximum Gasteiger partial charge on any atom is 0.293 e. The van der Waals surface area contributed by atoms with E-state index in [1.807, 2.05) is 0 Å². The van der Waals surface area contributed by atoms with Crippen LogP contribution in [0.25, 0.3) is 0 Å². The van der Waals surface area contributed by atoms with Crippen LogP contribution in [0.15, 0.2) is 45.9 Å². The average Bonchev–Trinajstić information content (AvgIpc) is 2.60. The summed E-state index contributed by atoms with van der Waals surface area (Å²) >= 11 is 3.29. The Bertz CT molecular complexity index is 829. The lowest BCUT2D eigenvalue weighted by Gasteiger charge is -2.13. The lowest BCUT2D eigenvalue weighted by Crippen LogP contribution is -2.17. The van der Waals surface area contributed by atoms with Gasteiger partial charge in [0.1, 0.15) is 23.9 Å². The predicted molar refractivity (Wildman–Crippen MR) is 98.7 cm³/mol. The molecule has 3 N–H and O–H groups in total. The molecule has 0 atom stereocenters. The number of amidine groups is 1. The van der Waals surface area contributed by atoms with Gasteiger partial charge in [0, 0.05) is 23.7 Å². The van der Waals surface area contributed by atoms with Gasteiger partial charge in [-0.25, -0.2) is 13.8 Å². The van der Waals surface area contributed by atoms with E-state index in [1.165, 1.54) is 13.1 Å². The van der Waals surface area contributed by atoms with Crippen LogP contribution in [0.3, 0.4) is 0 Å². The SMILES string of the molecule is CNc1cc(OCC(F)F)c(C(N)=Nc2ccc(Br)cc2)cc1[N+](=O)[O-]. The van der Waals surface area contributed by atoms with Crippen LogP contribution in [0.5, 0.6) is 5.75 Å². The van der Waals surface area contributed by atoms with Crippen LogP contribution in [0, 0.1) is 10.1 Å². The second kappa shape index (κ2) is 8.56. The number of aliphatic imine (C=N–C) groups is 1. The number of nitrogens with one attached hydrogen (secondary N) is 1. The Kier molecular flexibility index (Phi) is 6.45. The van der Waals surface area contributed by atoms with E-state index < -0.39 is 18.0 Å². The number of rotatable bonds is 7. The first-order valence-corrected chi connectivity index (χ1v) is 8.12. The molecule has 2 rings (SSSR count). The highest BCUT2D eigenvalue weighted by molar-refractivity contribution is 9.10. The van der Waals surface area contributed by atoms with Gasteiger partial charge in [-0.1, -0.05) is 15.9 Å². The fourth-order valence-electron chi connectivity index (χ4n) is 2.11. The molecule has 138 valence electrons. The Labute approximate surface area is 156 Å². The molecule has 0 amide bonds. The van der Waals surface area contributed by atoms with Gasteiger partial charge in [-0.3, -0.25) is 10.1 Å². The largest absolute Gasteiger partial charge is 0.487 e. The molecule has 10 heteroatoms. The van der Waals surface area contributed by atoms with Crippen molar-refractivity contribution in [2.24, 2.45) is 10.7 Å². The molecule has 0 heterocycles. The summed E-state index contributed by atoms with van der Waals surface area (Å²) in [6, 6.07) is 9.23. The molecule has 2 aromatic rings. The van der Waals surface area contributed by atoms with Gasteiger partial charge in [-0.05, 0) is 24.3 Å². The van der Waals surface area contributed by atoms with E-state index in [0.717, 1.165) is 10.5 Å². The smallest absolute Gasteiger partial charge is 0.293 e. The number of hydrogen-bond donors (Lipinski definition) is 2. The molecule has 0 aliphatic heterocycles. The Hall–Kier alpha value is -2.75. The number of anilines is 1.